The fourth-order valence-corrected chi connectivity index (χ4v) is 2.63. The molecule has 0 radical (unpaired) electrons. The van der Waals surface area contributed by atoms with Crippen molar-refractivity contribution in [1.82, 2.24) is 0 Å². The molecule has 1 aromatic rings. The van der Waals surface area contributed by atoms with Gasteiger partial charge in [-0.3, -0.25) is 14.4 Å². The number of carbonyl (C=O) groups excluding carboxylic acids is 3. The highest BCUT2D eigenvalue weighted by molar-refractivity contribution is 8.13. The van der Waals surface area contributed by atoms with E-state index in [1.165, 1.54) is 0 Å². The highest BCUT2D eigenvalue weighted by atomic mass is 32.2. The topological polar surface area (TPSA) is 69.7 Å². The number of hydrogen-bond donors (Lipinski definition) is 0. The zero-order valence-corrected chi connectivity index (χ0v) is 14.4. The van der Waals surface area contributed by atoms with E-state index >= 15 is 0 Å². The van der Waals surface area contributed by atoms with Crippen LogP contribution in [0, 0.1) is 5.92 Å². The molecule has 0 fully saturated rings. The summed E-state index contributed by atoms with van der Waals surface area (Å²) < 4.78 is 10.1. The predicted octanol–water partition coefficient (Wildman–Crippen LogP) is 2.79. The van der Waals surface area contributed by atoms with E-state index in [1.807, 2.05) is 6.07 Å². The molecule has 0 aliphatic rings. The molecule has 0 N–H and O–H groups in total. The van der Waals surface area contributed by atoms with Crippen LogP contribution in [0.4, 0.5) is 0 Å². The van der Waals surface area contributed by atoms with Crippen LogP contribution in [0.5, 0.6) is 0 Å². The van der Waals surface area contributed by atoms with Crippen molar-refractivity contribution in [3.63, 3.8) is 0 Å². The molecule has 0 heterocycles. The molecular weight excluding hydrogens is 316 g/mol. The molecule has 0 amide bonds. The fourth-order valence-electron chi connectivity index (χ4n) is 2.28. The Kier molecular flexibility index (Phi) is 8.40. The van der Waals surface area contributed by atoms with Gasteiger partial charge in [0.1, 0.15) is 0 Å². The molecule has 0 saturated carbocycles. The third kappa shape index (κ3) is 5.71. The predicted molar refractivity (Wildman–Crippen MR) is 89.1 cm³/mol. The maximum absolute atomic E-state index is 12.3. The van der Waals surface area contributed by atoms with E-state index in [-0.39, 0.29) is 24.7 Å². The largest absolute Gasteiger partial charge is 0.465 e. The van der Waals surface area contributed by atoms with Crippen LogP contribution in [0.3, 0.4) is 0 Å². The molecule has 5 nitrogen and oxygen atoms in total. The first-order chi connectivity index (χ1) is 11.0. The summed E-state index contributed by atoms with van der Waals surface area (Å²) in [7, 11) is 0. The van der Waals surface area contributed by atoms with Gasteiger partial charge in [-0.1, -0.05) is 42.1 Å². The van der Waals surface area contributed by atoms with Gasteiger partial charge in [0.2, 0.25) is 0 Å². The Morgan fingerprint density at radius 1 is 1.00 bits per heavy atom. The Hall–Kier alpha value is -1.82. The lowest BCUT2D eigenvalue weighted by molar-refractivity contribution is -0.162. The molecule has 0 bridgehead atoms. The number of ether oxygens (including phenoxy) is 2. The molecular formula is C17H22O5S. The minimum Gasteiger partial charge on any atom is -0.465 e. The summed E-state index contributed by atoms with van der Waals surface area (Å²) in [5.41, 5.74) is 0.737. The van der Waals surface area contributed by atoms with Gasteiger partial charge >= 0.3 is 11.9 Å². The van der Waals surface area contributed by atoms with E-state index in [9.17, 15) is 14.4 Å². The Morgan fingerprint density at radius 2 is 1.52 bits per heavy atom. The van der Waals surface area contributed by atoms with Crippen molar-refractivity contribution in [1.29, 1.82) is 0 Å². The molecule has 1 unspecified atom stereocenters. The van der Waals surface area contributed by atoms with Gasteiger partial charge in [-0.2, -0.15) is 0 Å². The Labute approximate surface area is 140 Å². The maximum Gasteiger partial charge on any atom is 0.320 e. The second-order valence-corrected chi connectivity index (χ2v) is 5.64. The summed E-state index contributed by atoms with van der Waals surface area (Å²) in [6.07, 6.45) is 1.74. The van der Waals surface area contributed by atoms with E-state index in [0.29, 0.717) is 0 Å². The maximum atomic E-state index is 12.3. The average Bonchev–Trinajstić information content (AvgIpc) is 2.55. The van der Waals surface area contributed by atoms with Crippen LogP contribution in [-0.2, 0) is 23.9 Å². The van der Waals surface area contributed by atoms with Gasteiger partial charge in [0.25, 0.3) is 0 Å². The van der Waals surface area contributed by atoms with Gasteiger partial charge in [-0.05, 0) is 25.7 Å². The second-order valence-electron chi connectivity index (χ2n) is 4.78. The van der Waals surface area contributed by atoms with Crippen LogP contribution in [0.2, 0.25) is 0 Å². The van der Waals surface area contributed by atoms with E-state index in [4.69, 9.17) is 9.47 Å². The van der Waals surface area contributed by atoms with Gasteiger partial charge in [-0.15, -0.1) is 0 Å². The van der Waals surface area contributed by atoms with E-state index < -0.39 is 23.8 Å². The first-order valence-electron chi connectivity index (χ1n) is 7.50. The molecule has 126 valence electrons. The van der Waals surface area contributed by atoms with Crippen molar-refractivity contribution < 1.29 is 23.9 Å². The number of esters is 2. The number of benzene rings is 1. The molecule has 23 heavy (non-hydrogen) atoms. The van der Waals surface area contributed by atoms with E-state index in [0.717, 1.165) is 17.3 Å². The van der Waals surface area contributed by atoms with Crippen LogP contribution in [-0.4, -0.2) is 36.5 Å². The highest BCUT2D eigenvalue weighted by Crippen LogP contribution is 2.32. The molecule has 6 heteroatoms. The van der Waals surface area contributed by atoms with Crippen molar-refractivity contribution >= 4 is 28.8 Å². The van der Waals surface area contributed by atoms with Gasteiger partial charge in [0.05, 0.1) is 13.2 Å². The zero-order valence-electron chi connectivity index (χ0n) is 13.6. The summed E-state index contributed by atoms with van der Waals surface area (Å²) in [6.45, 7) is 3.66. The van der Waals surface area contributed by atoms with Crippen molar-refractivity contribution in [3.8, 4) is 0 Å². The quantitative estimate of drug-likeness (QED) is 0.536. The average molecular weight is 338 g/mol. The van der Waals surface area contributed by atoms with E-state index in [1.54, 1.807) is 44.4 Å². The number of rotatable bonds is 8. The normalized spacial score (nSPS) is 11.8. The first kappa shape index (κ1) is 19.2. The lowest BCUT2D eigenvalue weighted by atomic mass is 9.83. The van der Waals surface area contributed by atoms with Crippen LogP contribution in [0.25, 0.3) is 0 Å². The lowest BCUT2D eigenvalue weighted by Crippen LogP contribution is -2.34. The van der Waals surface area contributed by atoms with Crippen LogP contribution in [0.1, 0.15) is 31.7 Å². The first-order valence-corrected chi connectivity index (χ1v) is 8.72. The zero-order chi connectivity index (χ0) is 17.2. The lowest BCUT2D eigenvalue weighted by Gasteiger charge is -2.24. The summed E-state index contributed by atoms with van der Waals surface area (Å²) in [5, 5.41) is -0.0996. The number of thioether (sulfide) groups is 1. The van der Waals surface area contributed by atoms with Gasteiger partial charge in [0.15, 0.2) is 11.0 Å². The minimum absolute atomic E-state index is 0.0630. The molecule has 1 rings (SSSR count). The summed E-state index contributed by atoms with van der Waals surface area (Å²) in [4.78, 5) is 36.5. The third-order valence-corrected chi connectivity index (χ3v) is 3.95. The van der Waals surface area contributed by atoms with Crippen molar-refractivity contribution in [2.75, 3.05) is 19.5 Å². The second kappa shape index (κ2) is 10.0. The molecule has 0 aliphatic carbocycles. The highest BCUT2D eigenvalue weighted by Gasteiger charge is 2.39. The van der Waals surface area contributed by atoms with Crippen molar-refractivity contribution in [3.05, 3.63) is 35.9 Å². The van der Waals surface area contributed by atoms with E-state index in [2.05, 4.69) is 0 Å². The Bertz CT molecular complexity index is 511. The molecule has 0 aromatic heterocycles. The smallest absolute Gasteiger partial charge is 0.320 e. The Balaban J connectivity index is 3.21. The molecule has 0 spiro atoms. The Morgan fingerprint density at radius 3 is 1.96 bits per heavy atom. The summed E-state index contributed by atoms with van der Waals surface area (Å²) in [5.74, 6) is -3.06. The SMILES string of the molecule is CCOC(=O)C(C(=O)OCC)C(CC(=O)SC)c1ccccc1. The van der Waals surface area contributed by atoms with Gasteiger partial charge in [0, 0.05) is 12.3 Å². The van der Waals surface area contributed by atoms with Crippen molar-refractivity contribution in [2.24, 2.45) is 5.92 Å². The number of hydrogen-bond acceptors (Lipinski definition) is 6. The number of carbonyl (C=O) groups is 3. The molecule has 1 aromatic carbocycles. The minimum atomic E-state index is -1.15. The molecule has 1 atom stereocenters. The van der Waals surface area contributed by atoms with Gasteiger partial charge < -0.3 is 9.47 Å². The fraction of sp³-hybridized carbons (Fsp3) is 0.471. The van der Waals surface area contributed by atoms with Crippen LogP contribution >= 0.6 is 11.8 Å². The standard InChI is InChI=1S/C17H22O5S/c1-4-21-16(19)15(17(20)22-5-2)13(11-14(18)23-3)12-9-7-6-8-10-12/h6-10,13,15H,4-5,11H2,1-3H3. The summed E-state index contributed by atoms with van der Waals surface area (Å²) >= 11 is 1.07. The van der Waals surface area contributed by atoms with Crippen LogP contribution in [0.15, 0.2) is 30.3 Å². The van der Waals surface area contributed by atoms with Crippen molar-refractivity contribution in [2.45, 2.75) is 26.2 Å². The summed E-state index contributed by atoms with van der Waals surface area (Å²) in [6, 6.07) is 9.03. The molecule has 0 aliphatic heterocycles. The third-order valence-electron chi connectivity index (χ3n) is 3.33. The monoisotopic (exact) mass is 338 g/mol. The van der Waals surface area contributed by atoms with Crippen LogP contribution < -0.4 is 0 Å². The van der Waals surface area contributed by atoms with Gasteiger partial charge in [-0.25, -0.2) is 0 Å². The molecule has 0 saturated heterocycles.